The number of hydrogen-bond acceptors (Lipinski definition) is 5. The first-order valence-corrected chi connectivity index (χ1v) is 8.19. The minimum atomic E-state index is -0.154. The van der Waals surface area contributed by atoms with Crippen LogP contribution in [0.3, 0.4) is 0 Å². The van der Waals surface area contributed by atoms with Gasteiger partial charge in [0.25, 0.3) is 5.91 Å². The van der Waals surface area contributed by atoms with Gasteiger partial charge in [-0.25, -0.2) is 4.98 Å². The molecule has 2 heterocycles. The van der Waals surface area contributed by atoms with Crippen LogP contribution in [0.2, 0.25) is 0 Å². The molecule has 0 bridgehead atoms. The average molecular weight is 310 g/mol. The summed E-state index contributed by atoms with van der Waals surface area (Å²) in [5, 5.41) is 2.54. The standard InChI is InChI=1S/C14H22N4O2S/c1-3-12(19)17-5-4-6-18(8-7-17)14(20)11-9-21-13(16-11)10(2)15/h9-10H,3-8,15H2,1-2H3. The fourth-order valence-electron chi connectivity index (χ4n) is 2.35. The SMILES string of the molecule is CCC(=O)N1CCCN(C(=O)c2csc(C(C)N)n2)CC1. The third kappa shape index (κ3) is 3.79. The average Bonchev–Trinajstić information content (AvgIpc) is 2.84. The summed E-state index contributed by atoms with van der Waals surface area (Å²) in [5.74, 6) is 0.0844. The molecule has 0 saturated carbocycles. The maximum atomic E-state index is 12.5. The van der Waals surface area contributed by atoms with Crippen molar-refractivity contribution in [3.05, 3.63) is 16.1 Å². The van der Waals surface area contributed by atoms with Crippen molar-refractivity contribution in [3.8, 4) is 0 Å². The molecule has 2 N–H and O–H groups in total. The van der Waals surface area contributed by atoms with E-state index in [1.807, 2.05) is 18.7 Å². The summed E-state index contributed by atoms with van der Waals surface area (Å²) in [6, 6.07) is -0.154. The van der Waals surface area contributed by atoms with Crippen molar-refractivity contribution in [2.45, 2.75) is 32.7 Å². The Morgan fingerprint density at radius 2 is 2.00 bits per heavy atom. The maximum Gasteiger partial charge on any atom is 0.273 e. The van der Waals surface area contributed by atoms with Crippen molar-refractivity contribution < 1.29 is 9.59 Å². The predicted octanol–water partition coefficient (Wildman–Crippen LogP) is 1.25. The van der Waals surface area contributed by atoms with Crippen LogP contribution in [0.5, 0.6) is 0 Å². The highest BCUT2D eigenvalue weighted by atomic mass is 32.1. The Labute approximate surface area is 128 Å². The molecule has 1 aliphatic rings. The highest BCUT2D eigenvalue weighted by Crippen LogP contribution is 2.18. The van der Waals surface area contributed by atoms with Gasteiger partial charge in [0, 0.05) is 38.0 Å². The first kappa shape index (κ1) is 15.9. The number of aromatic nitrogens is 1. The molecule has 1 aromatic rings. The van der Waals surface area contributed by atoms with Crippen molar-refractivity contribution in [1.82, 2.24) is 14.8 Å². The van der Waals surface area contributed by atoms with Crippen LogP contribution in [0.15, 0.2) is 5.38 Å². The van der Waals surface area contributed by atoms with Gasteiger partial charge >= 0.3 is 0 Å². The Kier molecular flexibility index (Phi) is 5.30. The van der Waals surface area contributed by atoms with E-state index in [9.17, 15) is 9.59 Å². The van der Waals surface area contributed by atoms with Crippen molar-refractivity contribution in [2.24, 2.45) is 5.73 Å². The number of nitrogens with two attached hydrogens (primary N) is 1. The summed E-state index contributed by atoms with van der Waals surface area (Å²) in [6.07, 6.45) is 1.32. The summed E-state index contributed by atoms with van der Waals surface area (Å²) < 4.78 is 0. The van der Waals surface area contributed by atoms with E-state index in [2.05, 4.69) is 4.98 Å². The van der Waals surface area contributed by atoms with E-state index in [1.165, 1.54) is 11.3 Å². The normalized spacial score (nSPS) is 17.5. The lowest BCUT2D eigenvalue weighted by atomic mass is 10.3. The van der Waals surface area contributed by atoms with E-state index in [0.717, 1.165) is 18.0 Å². The second kappa shape index (κ2) is 7.00. The minimum Gasteiger partial charge on any atom is -0.341 e. The largest absolute Gasteiger partial charge is 0.341 e. The maximum absolute atomic E-state index is 12.5. The monoisotopic (exact) mass is 310 g/mol. The second-order valence-corrected chi connectivity index (χ2v) is 6.13. The Morgan fingerprint density at radius 3 is 2.62 bits per heavy atom. The van der Waals surface area contributed by atoms with E-state index >= 15 is 0 Å². The van der Waals surface area contributed by atoms with Gasteiger partial charge in [-0.05, 0) is 13.3 Å². The first-order valence-electron chi connectivity index (χ1n) is 7.31. The highest BCUT2D eigenvalue weighted by molar-refractivity contribution is 7.09. The van der Waals surface area contributed by atoms with Crippen LogP contribution in [0.1, 0.15) is 48.2 Å². The van der Waals surface area contributed by atoms with E-state index in [0.29, 0.717) is 31.7 Å². The van der Waals surface area contributed by atoms with Crippen LogP contribution in [-0.2, 0) is 4.79 Å². The lowest BCUT2D eigenvalue weighted by Crippen LogP contribution is -2.37. The van der Waals surface area contributed by atoms with Gasteiger partial charge in [-0.1, -0.05) is 6.92 Å². The van der Waals surface area contributed by atoms with E-state index < -0.39 is 0 Å². The molecule has 1 saturated heterocycles. The van der Waals surface area contributed by atoms with Gasteiger partial charge in [-0.3, -0.25) is 9.59 Å². The van der Waals surface area contributed by atoms with E-state index in [1.54, 1.807) is 10.3 Å². The lowest BCUT2D eigenvalue weighted by molar-refractivity contribution is -0.130. The zero-order valence-corrected chi connectivity index (χ0v) is 13.4. The fraction of sp³-hybridized carbons (Fsp3) is 0.643. The molecule has 116 valence electrons. The number of hydrogen-bond donors (Lipinski definition) is 1. The smallest absolute Gasteiger partial charge is 0.273 e. The molecule has 1 aromatic heterocycles. The van der Waals surface area contributed by atoms with Gasteiger partial charge in [0.1, 0.15) is 10.7 Å². The second-order valence-electron chi connectivity index (χ2n) is 5.24. The zero-order chi connectivity index (χ0) is 15.4. The molecule has 0 aromatic carbocycles. The van der Waals surface area contributed by atoms with Gasteiger partial charge < -0.3 is 15.5 Å². The summed E-state index contributed by atoms with van der Waals surface area (Å²) in [6.45, 7) is 6.27. The summed E-state index contributed by atoms with van der Waals surface area (Å²) in [7, 11) is 0. The fourth-order valence-corrected chi connectivity index (χ4v) is 3.10. The van der Waals surface area contributed by atoms with Crippen LogP contribution >= 0.6 is 11.3 Å². The Balaban J connectivity index is 2.01. The highest BCUT2D eigenvalue weighted by Gasteiger charge is 2.23. The molecule has 2 amide bonds. The van der Waals surface area contributed by atoms with Crippen LogP contribution in [0, 0.1) is 0 Å². The molecule has 0 aliphatic carbocycles. The van der Waals surface area contributed by atoms with Crippen LogP contribution in [0.4, 0.5) is 0 Å². The lowest BCUT2D eigenvalue weighted by Gasteiger charge is -2.21. The summed E-state index contributed by atoms with van der Waals surface area (Å²) in [4.78, 5) is 32.1. The molecule has 7 heteroatoms. The Bertz CT molecular complexity index is 515. The van der Waals surface area contributed by atoms with Gasteiger partial charge in [-0.15, -0.1) is 11.3 Å². The molecular formula is C14H22N4O2S. The number of nitrogens with zero attached hydrogens (tertiary/aromatic N) is 3. The quantitative estimate of drug-likeness (QED) is 0.911. The number of carbonyl (C=O) groups excluding carboxylic acids is 2. The van der Waals surface area contributed by atoms with Crippen molar-refractivity contribution >= 4 is 23.2 Å². The van der Waals surface area contributed by atoms with Crippen molar-refractivity contribution in [3.63, 3.8) is 0 Å². The zero-order valence-electron chi connectivity index (χ0n) is 12.5. The first-order chi connectivity index (χ1) is 10.0. The number of carbonyl (C=O) groups is 2. The molecule has 1 atom stereocenters. The van der Waals surface area contributed by atoms with Crippen molar-refractivity contribution in [2.75, 3.05) is 26.2 Å². The third-order valence-electron chi connectivity index (χ3n) is 3.57. The topological polar surface area (TPSA) is 79.5 Å². The van der Waals surface area contributed by atoms with Crippen LogP contribution < -0.4 is 5.73 Å². The van der Waals surface area contributed by atoms with Gasteiger partial charge in [-0.2, -0.15) is 0 Å². The number of amides is 2. The Hall–Kier alpha value is -1.47. The minimum absolute atomic E-state index is 0.0658. The van der Waals surface area contributed by atoms with Gasteiger partial charge in [0.15, 0.2) is 0 Å². The molecule has 1 fully saturated rings. The molecule has 1 aliphatic heterocycles. The van der Waals surface area contributed by atoms with Gasteiger partial charge in [0.05, 0.1) is 6.04 Å². The molecular weight excluding hydrogens is 288 g/mol. The summed E-state index contributed by atoms with van der Waals surface area (Å²) >= 11 is 1.42. The van der Waals surface area contributed by atoms with Crippen molar-refractivity contribution in [1.29, 1.82) is 0 Å². The molecule has 2 rings (SSSR count). The number of thiazole rings is 1. The molecule has 0 spiro atoms. The third-order valence-corrected chi connectivity index (χ3v) is 4.61. The van der Waals surface area contributed by atoms with Crippen LogP contribution in [0.25, 0.3) is 0 Å². The molecule has 21 heavy (non-hydrogen) atoms. The molecule has 6 nitrogen and oxygen atoms in total. The molecule has 1 unspecified atom stereocenters. The summed E-state index contributed by atoms with van der Waals surface area (Å²) in [5.41, 5.74) is 6.24. The predicted molar refractivity (Wildman–Crippen MR) is 82.1 cm³/mol. The van der Waals surface area contributed by atoms with Crippen LogP contribution in [-0.4, -0.2) is 52.8 Å². The van der Waals surface area contributed by atoms with E-state index in [-0.39, 0.29) is 17.9 Å². The van der Waals surface area contributed by atoms with E-state index in [4.69, 9.17) is 5.73 Å². The number of rotatable bonds is 3. The van der Waals surface area contributed by atoms with Gasteiger partial charge in [0.2, 0.25) is 5.91 Å². The molecule has 0 radical (unpaired) electrons. The Morgan fingerprint density at radius 1 is 1.33 bits per heavy atom.